The molecule has 0 unspecified atom stereocenters. The van der Waals surface area contributed by atoms with E-state index >= 15 is 0 Å². The molecule has 152 valence electrons. The molecule has 0 atom stereocenters. The minimum Gasteiger partial charge on any atom is -0.493 e. The van der Waals surface area contributed by atoms with E-state index in [-0.39, 0.29) is 0 Å². The summed E-state index contributed by atoms with van der Waals surface area (Å²) in [6.07, 6.45) is 1.58. The van der Waals surface area contributed by atoms with Gasteiger partial charge < -0.3 is 14.0 Å². The molecule has 0 bridgehead atoms. The van der Waals surface area contributed by atoms with Crippen LogP contribution in [0.4, 0.5) is 0 Å². The third-order valence-electron chi connectivity index (χ3n) is 4.47. The first kappa shape index (κ1) is 20.9. The van der Waals surface area contributed by atoms with Crippen molar-refractivity contribution in [2.75, 3.05) is 19.5 Å². The molecular weight excluding hydrogens is 386 g/mol. The van der Waals surface area contributed by atoms with Crippen molar-refractivity contribution in [1.82, 2.24) is 14.8 Å². The van der Waals surface area contributed by atoms with Crippen LogP contribution in [0, 0.1) is 6.92 Å². The summed E-state index contributed by atoms with van der Waals surface area (Å²) in [5, 5.41) is 9.65. The van der Waals surface area contributed by atoms with Gasteiger partial charge in [0.1, 0.15) is 0 Å². The second kappa shape index (κ2) is 10.1. The van der Waals surface area contributed by atoms with Gasteiger partial charge in [-0.2, -0.15) is 0 Å². The number of carbonyl (C=O) groups is 1. The van der Waals surface area contributed by atoms with Crippen LogP contribution < -0.4 is 9.47 Å². The van der Waals surface area contributed by atoms with Crippen LogP contribution in [-0.4, -0.2) is 40.5 Å². The first-order valence-corrected chi connectivity index (χ1v) is 10.5. The van der Waals surface area contributed by atoms with Gasteiger partial charge in [0.25, 0.3) is 0 Å². The monoisotopic (exact) mass is 411 g/mol. The lowest BCUT2D eigenvalue weighted by atomic mass is 10.1. The van der Waals surface area contributed by atoms with E-state index in [2.05, 4.69) is 52.9 Å². The molecule has 0 aliphatic rings. The van der Waals surface area contributed by atoms with Crippen molar-refractivity contribution in [1.29, 1.82) is 0 Å². The maximum absolute atomic E-state index is 11.2. The Bertz CT molecular complexity index is 954. The summed E-state index contributed by atoms with van der Waals surface area (Å²) in [4.78, 5) is 11.2. The lowest BCUT2D eigenvalue weighted by molar-refractivity contribution is 0.111. The number of rotatable bonds is 10. The second-order valence-corrected chi connectivity index (χ2v) is 7.53. The topological polar surface area (TPSA) is 66.2 Å². The average molecular weight is 412 g/mol. The number of carbonyl (C=O) groups excluding carboxylic acids is 1. The molecule has 0 N–H and O–H groups in total. The van der Waals surface area contributed by atoms with Crippen LogP contribution >= 0.6 is 11.8 Å². The standard InChI is InChI=1S/C22H25N3O3S/c1-4-25-21(17-11-9-16(2)10-12-17)23-24-22(25)29-14-6-13-28-20-18(15-26)7-5-8-19(20)27-3/h5,7-12,15H,4,6,13-14H2,1-3H3. The van der Waals surface area contributed by atoms with Crippen LogP contribution in [-0.2, 0) is 6.54 Å². The number of hydrogen-bond donors (Lipinski definition) is 0. The molecule has 0 aliphatic carbocycles. The number of aldehydes is 1. The summed E-state index contributed by atoms with van der Waals surface area (Å²) in [6, 6.07) is 13.6. The molecule has 0 aliphatic heterocycles. The molecule has 0 saturated heterocycles. The predicted octanol–water partition coefficient (Wildman–Crippen LogP) is 4.66. The largest absolute Gasteiger partial charge is 0.493 e. The summed E-state index contributed by atoms with van der Waals surface area (Å²) in [5.74, 6) is 2.78. The van der Waals surface area contributed by atoms with Gasteiger partial charge in [0.05, 0.1) is 19.3 Å². The Hall–Kier alpha value is -2.80. The smallest absolute Gasteiger partial charge is 0.191 e. The Morgan fingerprint density at radius 1 is 1.14 bits per heavy atom. The lowest BCUT2D eigenvalue weighted by Crippen LogP contribution is -2.04. The minimum absolute atomic E-state index is 0.485. The molecule has 2 aromatic carbocycles. The van der Waals surface area contributed by atoms with E-state index in [9.17, 15) is 4.79 Å². The van der Waals surface area contributed by atoms with E-state index in [1.165, 1.54) is 5.56 Å². The van der Waals surface area contributed by atoms with E-state index in [4.69, 9.17) is 9.47 Å². The summed E-state index contributed by atoms with van der Waals surface area (Å²) in [7, 11) is 1.57. The van der Waals surface area contributed by atoms with Crippen LogP contribution in [0.15, 0.2) is 47.6 Å². The third kappa shape index (κ3) is 4.98. The SMILES string of the molecule is CCn1c(SCCCOc2c(C=O)cccc2OC)nnc1-c1ccc(C)cc1. The van der Waals surface area contributed by atoms with Gasteiger partial charge in [-0.05, 0) is 32.4 Å². The van der Waals surface area contributed by atoms with E-state index in [0.717, 1.165) is 41.5 Å². The van der Waals surface area contributed by atoms with E-state index in [1.807, 2.05) is 0 Å². The van der Waals surface area contributed by atoms with Crippen LogP contribution in [0.5, 0.6) is 11.5 Å². The molecule has 0 amide bonds. The molecule has 3 aromatic rings. The molecule has 0 saturated carbocycles. The lowest BCUT2D eigenvalue weighted by Gasteiger charge is -2.12. The highest BCUT2D eigenvalue weighted by molar-refractivity contribution is 7.99. The van der Waals surface area contributed by atoms with Gasteiger partial charge in [0.2, 0.25) is 0 Å². The summed E-state index contributed by atoms with van der Waals surface area (Å²) in [5.41, 5.74) is 2.78. The van der Waals surface area contributed by atoms with Gasteiger partial charge in [0, 0.05) is 17.9 Å². The molecule has 7 heteroatoms. The molecule has 3 rings (SSSR count). The number of thioether (sulfide) groups is 1. The molecule has 1 heterocycles. The van der Waals surface area contributed by atoms with E-state index < -0.39 is 0 Å². The minimum atomic E-state index is 0.485. The number of aromatic nitrogens is 3. The normalized spacial score (nSPS) is 10.7. The van der Waals surface area contributed by atoms with Crippen LogP contribution in [0.25, 0.3) is 11.4 Å². The van der Waals surface area contributed by atoms with Crippen LogP contribution in [0.1, 0.15) is 29.3 Å². The van der Waals surface area contributed by atoms with Crippen molar-refractivity contribution < 1.29 is 14.3 Å². The predicted molar refractivity (Wildman–Crippen MR) is 115 cm³/mol. The van der Waals surface area contributed by atoms with Crippen LogP contribution in [0.2, 0.25) is 0 Å². The van der Waals surface area contributed by atoms with E-state index in [1.54, 1.807) is 37.1 Å². The maximum atomic E-state index is 11.2. The van der Waals surface area contributed by atoms with Crippen molar-refractivity contribution in [2.24, 2.45) is 0 Å². The fourth-order valence-corrected chi connectivity index (χ4v) is 3.85. The molecular formula is C22H25N3O3S. The second-order valence-electron chi connectivity index (χ2n) is 6.46. The fraction of sp³-hybridized carbons (Fsp3) is 0.318. The molecule has 0 radical (unpaired) electrons. The highest BCUT2D eigenvalue weighted by atomic mass is 32.2. The van der Waals surface area contributed by atoms with Crippen molar-refractivity contribution >= 4 is 18.0 Å². The van der Waals surface area contributed by atoms with Gasteiger partial charge in [-0.15, -0.1) is 10.2 Å². The first-order chi connectivity index (χ1) is 14.2. The highest BCUT2D eigenvalue weighted by Gasteiger charge is 2.13. The number of aryl methyl sites for hydroxylation is 1. The average Bonchev–Trinajstić information content (AvgIpc) is 3.16. The molecule has 6 nitrogen and oxygen atoms in total. The maximum Gasteiger partial charge on any atom is 0.191 e. The quantitative estimate of drug-likeness (QED) is 0.275. The van der Waals surface area contributed by atoms with Crippen molar-refractivity contribution in [3.05, 3.63) is 53.6 Å². The van der Waals surface area contributed by atoms with Gasteiger partial charge in [-0.3, -0.25) is 4.79 Å². The third-order valence-corrected chi connectivity index (χ3v) is 5.52. The van der Waals surface area contributed by atoms with Gasteiger partial charge in [-0.1, -0.05) is 47.7 Å². The van der Waals surface area contributed by atoms with Crippen molar-refractivity contribution in [3.8, 4) is 22.9 Å². The zero-order chi connectivity index (χ0) is 20.6. The Morgan fingerprint density at radius 3 is 2.62 bits per heavy atom. The number of para-hydroxylation sites is 1. The van der Waals surface area contributed by atoms with E-state index in [0.29, 0.717) is 23.7 Å². The Balaban J connectivity index is 1.58. The number of nitrogens with zero attached hydrogens (tertiary/aromatic N) is 3. The van der Waals surface area contributed by atoms with Crippen molar-refractivity contribution in [2.45, 2.75) is 32.0 Å². The molecule has 29 heavy (non-hydrogen) atoms. The Labute approximate surface area is 175 Å². The molecule has 1 aromatic heterocycles. The van der Waals surface area contributed by atoms with Crippen molar-refractivity contribution in [3.63, 3.8) is 0 Å². The fourth-order valence-electron chi connectivity index (χ4n) is 2.93. The van der Waals surface area contributed by atoms with Gasteiger partial charge >= 0.3 is 0 Å². The number of hydrogen-bond acceptors (Lipinski definition) is 6. The Morgan fingerprint density at radius 2 is 1.93 bits per heavy atom. The number of ether oxygens (including phenoxy) is 2. The molecule has 0 fully saturated rings. The summed E-state index contributed by atoms with van der Waals surface area (Å²) in [6.45, 7) is 5.45. The van der Waals surface area contributed by atoms with Gasteiger partial charge in [-0.25, -0.2) is 0 Å². The zero-order valence-electron chi connectivity index (χ0n) is 16.9. The van der Waals surface area contributed by atoms with Crippen LogP contribution in [0.3, 0.4) is 0 Å². The zero-order valence-corrected chi connectivity index (χ0v) is 17.7. The number of benzene rings is 2. The number of methoxy groups -OCH3 is 1. The molecule has 0 spiro atoms. The Kier molecular flexibility index (Phi) is 7.30. The first-order valence-electron chi connectivity index (χ1n) is 9.56. The summed E-state index contributed by atoms with van der Waals surface area (Å²) >= 11 is 1.65. The summed E-state index contributed by atoms with van der Waals surface area (Å²) < 4.78 is 13.2. The van der Waals surface area contributed by atoms with Gasteiger partial charge in [0.15, 0.2) is 28.8 Å². The highest BCUT2D eigenvalue weighted by Crippen LogP contribution is 2.30.